The lowest BCUT2D eigenvalue weighted by molar-refractivity contribution is 0.102. The molecule has 0 saturated carbocycles. The fraction of sp³-hybridized carbons (Fsp3) is 0.405. The Labute approximate surface area is 268 Å². The molecule has 2 heterocycles. The Morgan fingerprint density at radius 2 is 1.67 bits per heavy atom. The molecule has 240 valence electrons. The highest BCUT2D eigenvalue weighted by molar-refractivity contribution is 6.05. The van der Waals surface area contributed by atoms with Crippen LogP contribution in [0.5, 0.6) is 0 Å². The maximum Gasteiger partial charge on any atom is 0.273 e. The summed E-state index contributed by atoms with van der Waals surface area (Å²) in [7, 11) is 1.75. The molecule has 1 fully saturated rings. The van der Waals surface area contributed by atoms with E-state index >= 15 is 0 Å². The van der Waals surface area contributed by atoms with Crippen LogP contribution in [0.2, 0.25) is 0 Å². The average Bonchev–Trinajstić information content (AvgIpc) is 3.01. The highest BCUT2D eigenvalue weighted by atomic mass is 16.3. The summed E-state index contributed by atoms with van der Waals surface area (Å²) in [6.45, 7) is 17.2. The van der Waals surface area contributed by atoms with E-state index in [1.54, 1.807) is 11.6 Å². The molecular weight excluding hydrogens is 562 g/mol. The van der Waals surface area contributed by atoms with E-state index < -0.39 is 0 Å². The van der Waals surface area contributed by atoms with E-state index in [0.29, 0.717) is 11.3 Å². The molecule has 1 saturated heterocycles. The fourth-order valence-corrected chi connectivity index (χ4v) is 5.67. The zero-order chi connectivity index (χ0) is 32.7. The van der Waals surface area contributed by atoms with Crippen LogP contribution < -0.4 is 16.2 Å². The number of piperazine rings is 1. The van der Waals surface area contributed by atoms with Crippen molar-refractivity contribution in [2.45, 2.75) is 53.4 Å². The molecule has 1 amide bonds. The third kappa shape index (κ3) is 8.53. The van der Waals surface area contributed by atoms with Crippen molar-refractivity contribution in [1.29, 1.82) is 0 Å². The Morgan fingerprint density at radius 3 is 2.29 bits per heavy atom. The molecule has 0 bridgehead atoms. The summed E-state index contributed by atoms with van der Waals surface area (Å²) in [5.74, 6) is -0.161. The summed E-state index contributed by atoms with van der Waals surface area (Å²) in [6.07, 6.45) is 6.90. The number of benzene rings is 2. The molecule has 3 aromatic rings. The van der Waals surface area contributed by atoms with E-state index in [0.717, 1.165) is 67.2 Å². The van der Waals surface area contributed by atoms with Crippen molar-refractivity contribution in [1.82, 2.24) is 14.4 Å². The second-order valence-corrected chi connectivity index (χ2v) is 12.9. The first kappa shape index (κ1) is 33.7. The SMILES string of the molecule is CC/C(=C\C=C(/C)Nc1cc(-c2cccc(NC(=O)c3ccc(C(C)(C)C)cc3)c2C)cn(C)c1=O)N1CCN(CCO)CC1. The molecule has 2 aromatic carbocycles. The van der Waals surface area contributed by atoms with Crippen LogP contribution in [0.15, 0.2) is 83.1 Å². The molecular formula is C37H49N5O3. The van der Waals surface area contributed by atoms with Gasteiger partial charge in [0.2, 0.25) is 0 Å². The highest BCUT2D eigenvalue weighted by Crippen LogP contribution is 2.30. The molecule has 0 aliphatic carbocycles. The van der Waals surface area contributed by atoms with Crippen LogP contribution in [0, 0.1) is 6.92 Å². The molecule has 3 N–H and O–H groups in total. The second kappa shape index (κ2) is 14.8. The van der Waals surface area contributed by atoms with Gasteiger partial charge in [-0.05, 0) is 78.8 Å². The van der Waals surface area contributed by atoms with E-state index in [9.17, 15) is 14.7 Å². The first-order chi connectivity index (χ1) is 21.4. The molecule has 4 rings (SSSR count). The van der Waals surface area contributed by atoms with Gasteiger partial charge in [0, 0.05) is 74.2 Å². The molecule has 1 aliphatic rings. The van der Waals surface area contributed by atoms with Gasteiger partial charge in [-0.25, -0.2) is 0 Å². The van der Waals surface area contributed by atoms with Crippen molar-refractivity contribution in [2.75, 3.05) is 50.0 Å². The van der Waals surface area contributed by atoms with Crippen molar-refractivity contribution in [2.24, 2.45) is 7.05 Å². The maximum absolute atomic E-state index is 13.1. The standard InChI is InChI=1S/C37H49N5O3/c1-8-31(42-20-18-41(19-21-42)22-23-43)17-12-26(2)38-34-24-29(25-40(7)36(34)45)32-10-9-11-33(27(32)3)39-35(44)28-13-15-30(16-14-28)37(4,5)6/h9-17,24-25,38,43H,8,18-23H2,1-7H3,(H,39,44)/b26-12+,31-17+. The van der Waals surface area contributed by atoms with Gasteiger partial charge in [-0.3, -0.25) is 14.5 Å². The van der Waals surface area contributed by atoms with Gasteiger partial charge in [0.15, 0.2) is 0 Å². The van der Waals surface area contributed by atoms with E-state index in [4.69, 9.17) is 0 Å². The first-order valence-electron chi connectivity index (χ1n) is 15.9. The number of rotatable bonds is 10. The van der Waals surface area contributed by atoms with Gasteiger partial charge >= 0.3 is 0 Å². The minimum Gasteiger partial charge on any atom is -0.395 e. The number of aliphatic hydroxyl groups excluding tert-OH is 1. The zero-order valence-corrected chi connectivity index (χ0v) is 27.9. The second-order valence-electron chi connectivity index (χ2n) is 12.9. The van der Waals surface area contributed by atoms with Gasteiger partial charge < -0.3 is 25.2 Å². The normalized spacial score (nSPS) is 14.9. The number of carbonyl (C=O) groups excluding carboxylic acids is 1. The van der Waals surface area contributed by atoms with Gasteiger partial charge in [0.05, 0.1) is 6.61 Å². The minimum absolute atomic E-state index is 0.0182. The maximum atomic E-state index is 13.1. The summed E-state index contributed by atoms with van der Waals surface area (Å²) in [5.41, 5.74) is 7.74. The molecule has 8 heteroatoms. The largest absolute Gasteiger partial charge is 0.395 e. The molecule has 1 aliphatic heterocycles. The number of aryl methyl sites for hydroxylation is 1. The first-order valence-corrected chi connectivity index (χ1v) is 15.9. The van der Waals surface area contributed by atoms with E-state index in [-0.39, 0.29) is 23.5 Å². The number of hydrogen-bond acceptors (Lipinski definition) is 6. The fourth-order valence-electron chi connectivity index (χ4n) is 5.67. The number of anilines is 2. The van der Waals surface area contributed by atoms with Crippen molar-refractivity contribution in [3.05, 3.63) is 105 Å². The number of nitrogens with zero attached hydrogens (tertiary/aromatic N) is 3. The summed E-state index contributed by atoms with van der Waals surface area (Å²) in [6, 6.07) is 15.5. The van der Waals surface area contributed by atoms with Crippen LogP contribution in [0.25, 0.3) is 11.1 Å². The van der Waals surface area contributed by atoms with E-state index in [1.807, 2.05) is 74.7 Å². The predicted octanol–water partition coefficient (Wildman–Crippen LogP) is 6.13. The van der Waals surface area contributed by atoms with Crippen LogP contribution in [0.4, 0.5) is 11.4 Å². The molecule has 0 atom stereocenters. The van der Waals surface area contributed by atoms with Gasteiger partial charge in [-0.2, -0.15) is 0 Å². The number of hydrogen-bond donors (Lipinski definition) is 3. The predicted molar refractivity (Wildman–Crippen MR) is 186 cm³/mol. The number of carbonyl (C=O) groups is 1. The quantitative estimate of drug-likeness (QED) is 0.239. The number of aromatic nitrogens is 1. The summed E-state index contributed by atoms with van der Waals surface area (Å²) in [4.78, 5) is 30.9. The Hall–Kier alpha value is -4.14. The molecule has 1 aromatic heterocycles. The van der Waals surface area contributed by atoms with Gasteiger partial charge in [0.1, 0.15) is 5.69 Å². The Bertz CT molecular complexity index is 1600. The van der Waals surface area contributed by atoms with Crippen LogP contribution in [-0.2, 0) is 12.5 Å². The van der Waals surface area contributed by atoms with Crippen LogP contribution in [0.3, 0.4) is 0 Å². The lowest BCUT2D eigenvalue weighted by Crippen LogP contribution is -2.46. The highest BCUT2D eigenvalue weighted by Gasteiger charge is 2.18. The van der Waals surface area contributed by atoms with Crippen LogP contribution >= 0.6 is 0 Å². The topological polar surface area (TPSA) is 89.8 Å². The Balaban J connectivity index is 1.52. The van der Waals surface area contributed by atoms with E-state index in [1.165, 1.54) is 11.3 Å². The summed E-state index contributed by atoms with van der Waals surface area (Å²) >= 11 is 0. The van der Waals surface area contributed by atoms with Crippen molar-refractivity contribution in [3.63, 3.8) is 0 Å². The third-order valence-corrected chi connectivity index (χ3v) is 8.50. The van der Waals surface area contributed by atoms with Crippen LogP contribution in [0.1, 0.15) is 62.5 Å². The van der Waals surface area contributed by atoms with E-state index in [2.05, 4.69) is 54.2 Å². The molecule has 0 radical (unpaired) electrons. The smallest absolute Gasteiger partial charge is 0.273 e. The van der Waals surface area contributed by atoms with Crippen molar-refractivity contribution >= 4 is 17.3 Å². The Kier molecular flexibility index (Phi) is 11.1. The van der Waals surface area contributed by atoms with Crippen molar-refractivity contribution in [3.8, 4) is 11.1 Å². The van der Waals surface area contributed by atoms with Gasteiger partial charge in [-0.15, -0.1) is 0 Å². The molecule has 45 heavy (non-hydrogen) atoms. The lowest BCUT2D eigenvalue weighted by atomic mass is 9.86. The average molecular weight is 612 g/mol. The summed E-state index contributed by atoms with van der Waals surface area (Å²) in [5, 5.41) is 15.6. The number of amides is 1. The van der Waals surface area contributed by atoms with Gasteiger partial charge in [-0.1, -0.05) is 52.0 Å². The molecule has 0 unspecified atom stereocenters. The Morgan fingerprint density at radius 1 is 0.978 bits per heavy atom. The van der Waals surface area contributed by atoms with Crippen LogP contribution in [-0.4, -0.2) is 64.7 Å². The minimum atomic E-state index is -0.161. The monoisotopic (exact) mass is 611 g/mol. The van der Waals surface area contributed by atoms with Gasteiger partial charge in [0.25, 0.3) is 11.5 Å². The number of pyridine rings is 1. The summed E-state index contributed by atoms with van der Waals surface area (Å²) < 4.78 is 1.59. The van der Waals surface area contributed by atoms with Crippen molar-refractivity contribution < 1.29 is 9.90 Å². The zero-order valence-electron chi connectivity index (χ0n) is 27.9. The number of β-amino-alcohol motifs (C(OH)–C–C–N with tert-alkyl or cyclic N) is 1. The molecule has 8 nitrogen and oxygen atoms in total. The lowest BCUT2D eigenvalue weighted by Gasteiger charge is -2.37. The molecule has 0 spiro atoms. The number of allylic oxidation sites excluding steroid dienone is 4. The third-order valence-electron chi connectivity index (χ3n) is 8.50. The number of aliphatic hydroxyl groups is 1. The number of nitrogens with one attached hydrogen (secondary N) is 2.